The molecule has 0 fully saturated rings. The minimum absolute atomic E-state index is 0.111. The topological polar surface area (TPSA) is 46.5 Å². The summed E-state index contributed by atoms with van der Waals surface area (Å²) in [6, 6.07) is 11.9. The molecular weight excluding hydrogens is 395 g/mol. The molecule has 0 heterocycles. The number of aryl methyl sites for hydroxylation is 2. The van der Waals surface area contributed by atoms with Gasteiger partial charge < -0.3 is 9.84 Å². The number of carbonyl (C=O) groups excluding carboxylic acids is 1. The van der Waals surface area contributed by atoms with Crippen molar-refractivity contribution in [3.63, 3.8) is 0 Å². The second-order valence-electron chi connectivity index (χ2n) is 6.77. The fourth-order valence-electron chi connectivity index (χ4n) is 3.15. The van der Waals surface area contributed by atoms with Crippen LogP contribution in [0.15, 0.2) is 42.5 Å². The van der Waals surface area contributed by atoms with Crippen molar-refractivity contribution in [3.8, 4) is 22.6 Å². The smallest absolute Gasteiger partial charge is 0.346 e. The zero-order chi connectivity index (χ0) is 20.6. The molecule has 5 heteroatoms. The van der Waals surface area contributed by atoms with Crippen LogP contribution in [0.4, 0.5) is 0 Å². The monoisotopic (exact) mass is 414 g/mol. The second kappa shape index (κ2) is 7.86. The van der Waals surface area contributed by atoms with E-state index < -0.39 is 5.97 Å². The molecule has 1 N–H and O–H groups in total. The highest BCUT2D eigenvalue weighted by Crippen LogP contribution is 2.43. The maximum absolute atomic E-state index is 12.8. The lowest BCUT2D eigenvalue weighted by atomic mass is 9.90. The molecule has 3 aromatic rings. The molecule has 0 spiro atoms. The van der Waals surface area contributed by atoms with E-state index in [0.29, 0.717) is 16.9 Å². The van der Waals surface area contributed by atoms with Gasteiger partial charge in [-0.05, 0) is 74.2 Å². The third-order valence-corrected chi connectivity index (χ3v) is 5.66. The molecule has 0 aliphatic carbocycles. The number of benzene rings is 3. The molecule has 3 nitrogen and oxygen atoms in total. The van der Waals surface area contributed by atoms with Crippen molar-refractivity contribution in [3.05, 3.63) is 80.3 Å². The molecule has 0 saturated heterocycles. The fourth-order valence-corrected chi connectivity index (χ4v) is 3.70. The lowest BCUT2D eigenvalue weighted by Gasteiger charge is -2.19. The first-order chi connectivity index (χ1) is 13.2. The van der Waals surface area contributed by atoms with Crippen molar-refractivity contribution >= 4 is 29.2 Å². The summed E-state index contributed by atoms with van der Waals surface area (Å²) >= 11 is 12.3. The van der Waals surface area contributed by atoms with Crippen molar-refractivity contribution in [1.29, 1.82) is 0 Å². The lowest BCUT2D eigenvalue weighted by molar-refractivity contribution is 0.0736. The number of ether oxygens (including phenoxy) is 1. The maximum Gasteiger partial charge on any atom is 0.346 e. The highest BCUT2D eigenvalue weighted by Gasteiger charge is 2.22. The van der Waals surface area contributed by atoms with E-state index in [1.54, 1.807) is 30.3 Å². The molecule has 0 bridgehead atoms. The number of hydrogen-bond donors (Lipinski definition) is 1. The molecule has 0 atom stereocenters. The molecule has 0 amide bonds. The van der Waals surface area contributed by atoms with Gasteiger partial charge in [-0.1, -0.05) is 41.4 Å². The Balaban J connectivity index is 2.18. The largest absolute Gasteiger partial charge is 0.507 e. The number of phenolic OH excluding ortho intramolecular Hbond substituents is 1. The molecule has 28 heavy (non-hydrogen) atoms. The zero-order valence-corrected chi connectivity index (χ0v) is 17.6. The first kappa shape index (κ1) is 20.2. The van der Waals surface area contributed by atoms with Gasteiger partial charge in [-0.2, -0.15) is 0 Å². The third-order valence-electron chi connectivity index (χ3n) is 5.03. The average Bonchev–Trinajstić information content (AvgIpc) is 2.63. The standard InChI is InChI=1S/C23H20Cl2O3/c1-12-8-10-18(26)20(14(12)3)21-15(4)13(2)9-11-19(21)28-23(27)22-16(24)6-5-7-17(22)25/h5-11,26H,1-4H3. The third kappa shape index (κ3) is 3.60. The van der Waals surface area contributed by atoms with Gasteiger partial charge in [-0.3, -0.25) is 0 Å². The summed E-state index contributed by atoms with van der Waals surface area (Å²) in [6.07, 6.45) is 0. The first-order valence-electron chi connectivity index (χ1n) is 8.78. The Kier molecular flexibility index (Phi) is 5.69. The van der Waals surface area contributed by atoms with Gasteiger partial charge in [0.05, 0.1) is 15.6 Å². The van der Waals surface area contributed by atoms with Crippen LogP contribution in [0.2, 0.25) is 10.0 Å². The van der Waals surface area contributed by atoms with Crippen molar-refractivity contribution in [2.75, 3.05) is 0 Å². The van der Waals surface area contributed by atoms with Crippen LogP contribution >= 0.6 is 23.2 Å². The summed E-state index contributed by atoms with van der Waals surface area (Å²) < 4.78 is 5.71. The van der Waals surface area contributed by atoms with Crippen molar-refractivity contribution in [2.45, 2.75) is 27.7 Å². The summed E-state index contributed by atoms with van der Waals surface area (Å²) in [5.41, 5.74) is 5.32. The van der Waals surface area contributed by atoms with Gasteiger partial charge in [0.1, 0.15) is 11.5 Å². The lowest BCUT2D eigenvalue weighted by Crippen LogP contribution is -2.11. The van der Waals surface area contributed by atoms with Crippen LogP contribution in [0.25, 0.3) is 11.1 Å². The van der Waals surface area contributed by atoms with E-state index in [4.69, 9.17) is 27.9 Å². The average molecular weight is 415 g/mol. The normalized spacial score (nSPS) is 10.8. The molecule has 0 saturated carbocycles. The van der Waals surface area contributed by atoms with E-state index in [2.05, 4.69) is 0 Å². The summed E-state index contributed by atoms with van der Waals surface area (Å²) in [4.78, 5) is 12.8. The van der Waals surface area contributed by atoms with Gasteiger partial charge in [-0.25, -0.2) is 4.79 Å². The fraction of sp³-hybridized carbons (Fsp3) is 0.174. The minimum Gasteiger partial charge on any atom is -0.507 e. The van der Waals surface area contributed by atoms with Gasteiger partial charge in [0, 0.05) is 11.1 Å². The molecular formula is C23H20Cl2O3. The van der Waals surface area contributed by atoms with Gasteiger partial charge in [0.15, 0.2) is 0 Å². The molecule has 0 aliphatic rings. The number of aromatic hydroxyl groups is 1. The van der Waals surface area contributed by atoms with Crippen molar-refractivity contribution in [1.82, 2.24) is 0 Å². The Morgan fingerprint density at radius 1 is 0.821 bits per heavy atom. The van der Waals surface area contributed by atoms with Crippen LogP contribution in [0.1, 0.15) is 32.6 Å². The maximum atomic E-state index is 12.8. The zero-order valence-electron chi connectivity index (χ0n) is 16.1. The summed E-state index contributed by atoms with van der Waals surface area (Å²) in [5, 5.41) is 11.0. The quantitative estimate of drug-likeness (QED) is 0.377. The van der Waals surface area contributed by atoms with Crippen LogP contribution in [-0.4, -0.2) is 11.1 Å². The number of carbonyl (C=O) groups is 1. The van der Waals surface area contributed by atoms with Crippen LogP contribution in [0.3, 0.4) is 0 Å². The van der Waals surface area contributed by atoms with Gasteiger partial charge >= 0.3 is 5.97 Å². The summed E-state index contributed by atoms with van der Waals surface area (Å²) in [6.45, 7) is 7.81. The number of hydrogen-bond acceptors (Lipinski definition) is 3. The van der Waals surface area contributed by atoms with Gasteiger partial charge in [0.25, 0.3) is 0 Å². The summed E-state index contributed by atoms with van der Waals surface area (Å²) in [5.74, 6) is -0.178. The summed E-state index contributed by atoms with van der Waals surface area (Å²) in [7, 11) is 0. The van der Waals surface area contributed by atoms with E-state index in [0.717, 1.165) is 22.3 Å². The molecule has 3 aromatic carbocycles. The van der Waals surface area contributed by atoms with Crippen LogP contribution in [-0.2, 0) is 0 Å². The van der Waals surface area contributed by atoms with Crippen LogP contribution in [0.5, 0.6) is 11.5 Å². The van der Waals surface area contributed by atoms with E-state index in [-0.39, 0.29) is 21.4 Å². The molecule has 0 unspecified atom stereocenters. The highest BCUT2D eigenvalue weighted by molar-refractivity contribution is 6.39. The molecule has 0 aromatic heterocycles. The van der Waals surface area contributed by atoms with Gasteiger partial charge in [-0.15, -0.1) is 0 Å². The Morgan fingerprint density at radius 2 is 1.36 bits per heavy atom. The van der Waals surface area contributed by atoms with Crippen molar-refractivity contribution in [2.24, 2.45) is 0 Å². The second-order valence-corrected chi connectivity index (χ2v) is 7.58. The predicted molar refractivity (Wildman–Crippen MR) is 114 cm³/mol. The minimum atomic E-state index is -0.648. The Hall–Kier alpha value is -2.49. The molecule has 144 valence electrons. The number of phenols is 1. The van der Waals surface area contributed by atoms with Gasteiger partial charge in [0.2, 0.25) is 0 Å². The molecule has 0 aliphatic heterocycles. The van der Waals surface area contributed by atoms with E-state index in [1.807, 2.05) is 39.8 Å². The van der Waals surface area contributed by atoms with E-state index in [9.17, 15) is 9.90 Å². The number of halogens is 2. The first-order valence-corrected chi connectivity index (χ1v) is 9.54. The SMILES string of the molecule is Cc1ccc(O)c(-c2c(OC(=O)c3c(Cl)cccc3Cl)ccc(C)c2C)c1C. The Labute approximate surface area is 174 Å². The van der Waals surface area contributed by atoms with Crippen LogP contribution in [0, 0.1) is 27.7 Å². The predicted octanol–water partition coefficient (Wildman–Crippen LogP) is 6.82. The molecule has 3 rings (SSSR count). The van der Waals surface area contributed by atoms with Crippen LogP contribution < -0.4 is 4.74 Å². The molecule has 0 radical (unpaired) electrons. The van der Waals surface area contributed by atoms with Crippen molar-refractivity contribution < 1.29 is 14.6 Å². The highest BCUT2D eigenvalue weighted by atomic mass is 35.5. The Bertz CT molecular complexity index is 1070. The number of rotatable bonds is 3. The Morgan fingerprint density at radius 3 is 1.96 bits per heavy atom. The van der Waals surface area contributed by atoms with E-state index in [1.165, 1.54) is 0 Å². The number of esters is 1. The van der Waals surface area contributed by atoms with E-state index >= 15 is 0 Å².